The summed E-state index contributed by atoms with van der Waals surface area (Å²) in [6.45, 7) is 7.19. The summed E-state index contributed by atoms with van der Waals surface area (Å²) in [6, 6.07) is 3.07. The number of hydrogen-bond donors (Lipinski definition) is 1. The van der Waals surface area contributed by atoms with Crippen LogP contribution in [-0.2, 0) is 10.0 Å². The van der Waals surface area contributed by atoms with Gasteiger partial charge < -0.3 is 5.73 Å². The van der Waals surface area contributed by atoms with Crippen molar-refractivity contribution in [2.24, 2.45) is 5.41 Å². The first-order chi connectivity index (χ1) is 9.13. The summed E-state index contributed by atoms with van der Waals surface area (Å²) in [6.07, 6.45) is 1.74. The van der Waals surface area contributed by atoms with E-state index in [1.165, 1.54) is 6.07 Å². The van der Waals surface area contributed by atoms with E-state index in [1.807, 2.05) is 0 Å². The van der Waals surface area contributed by atoms with Gasteiger partial charge in [0.1, 0.15) is 0 Å². The van der Waals surface area contributed by atoms with E-state index < -0.39 is 10.0 Å². The number of sulfonamides is 1. The Hall–Kier alpha value is -0.780. The van der Waals surface area contributed by atoms with Gasteiger partial charge in [0, 0.05) is 13.1 Å². The number of hydrogen-bond acceptors (Lipinski definition) is 3. The number of benzene rings is 1. The van der Waals surface area contributed by atoms with Crippen molar-refractivity contribution in [3.05, 3.63) is 22.7 Å². The highest BCUT2D eigenvalue weighted by atomic mass is 35.5. The highest BCUT2D eigenvalue weighted by Crippen LogP contribution is 2.34. The van der Waals surface area contributed by atoms with Gasteiger partial charge in [-0.25, -0.2) is 8.42 Å². The van der Waals surface area contributed by atoms with E-state index in [4.69, 9.17) is 17.3 Å². The van der Waals surface area contributed by atoms with E-state index in [-0.39, 0.29) is 10.3 Å². The molecule has 1 aliphatic rings. The van der Waals surface area contributed by atoms with Gasteiger partial charge in [-0.05, 0) is 42.9 Å². The second-order valence-electron chi connectivity index (χ2n) is 6.21. The molecule has 20 heavy (non-hydrogen) atoms. The number of aryl methyl sites for hydroxylation is 1. The summed E-state index contributed by atoms with van der Waals surface area (Å²) in [5, 5.41) is 0.390. The molecule has 112 valence electrons. The first kappa shape index (κ1) is 15.6. The van der Waals surface area contributed by atoms with Crippen LogP contribution < -0.4 is 5.73 Å². The number of nitrogens with two attached hydrogens (primary N) is 1. The molecule has 1 aromatic rings. The van der Waals surface area contributed by atoms with E-state index in [0.29, 0.717) is 29.4 Å². The molecule has 1 heterocycles. The molecule has 4 nitrogen and oxygen atoms in total. The van der Waals surface area contributed by atoms with Gasteiger partial charge in [0.15, 0.2) is 0 Å². The Morgan fingerprint density at radius 3 is 2.35 bits per heavy atom. The lowest BCUT2D eigenvalue weighted by molar-refractivity contribution is 0.196. The Labute approximate surface area is 126 Å². The van der Waals surface area contributed by atoms with Crippen LogP contribution in [0.3, 0.4) is 0 Å². The van der Waals surface area contributed by atoms with Gasteiger partial charge in [-0.15, -0.1) is 0 Å². The Bertz CT molecular complexity index is 616. The summed E-state index contributed by atoms with van der Waals surface area (Å²) in [5.41, 5.74) is 6.88. The van der Waals surface area contributed by atoms with Gasteiger partial charge in [-0.3, -0.25) is 0 Å². The van der Waals surface area contributed by atoms with Crippen molar-refractivity contribution >= 4 is 27.3 Å². The highest BCUT2D eigenvalue weighted by Gasteiger charge is 2.33. The lowest BCUT2D eigenvalue weighted by Gasteiger charge is -2.36. The van der Waals surface area contributed by atoms with Gasteiger partial charge in [-0.1, -0.05) is 25.4 Å². The van der Waals surface area contributed by atoms with Crippen LogP contribution in [0.4, 0.5) is 5.69 Å². The number of anilines is 1. The zero-order valence-corrected chi connectivity index (χ0v) is 13.7. The van der Waals surface area contributed by atoms with Crippen LogP contribution in [0.15, 0.2) is 17.0 Å². The molecule has 0 amide bonds. The number of halogens is 1. The molecule has 1 aliphatic heterocycles. The topological polar surface area (TPSA) is 63.4 Å². The molecule has 1 saturated heterocycles. The van der Waals surface area contributed by atoms with Gasteiger partial charge in [0.25, 0.3) is 0 Å². The number of nitrogen functional groups attached to an aromatic ring is 1. The van der Waals surface area contributed by atoms with E-state index in [0.717, 1.165) is 12.8 Å². The van der Waals surface area contributed by atoms with Crippen molar-refractivity contribution in [1.82, 2.24) is 4.31 Å². The Morgan fingerprint density at radius 1 is 1.25 bits per heavy atom. The molecule has 0 saturated carbocycles. The van der Waals surface area contributed by atoms with Crippen LogP contribution in [0, 0.1) is 12.3 Å². The van der Waals surface area contributed by atoms with Crippen molar-refractivity contribution < 1.29 is 8.42 Å². The molecular weight excluding hydrogens is 296 g/mol. The molecule has 0 aliphatic carbocycles. The summed E-state index contributed by atoms with van der Waals surface area (Å²) < 4.78 is 27.0. The normalized spacial score (nSPS) is 20.0. The lowest BCUT2D eigenvalue weighted by Crippen LogP contribution is -2.41. The maximum atomic E-state index is 12.7. The number of nitrogens with zero attached hydrogens (tertiary/aromatic N) is 1. The first-order valence-electron chi connectivity index (χ1n) is 6.69. The van der Waals surface area contributed by atoms with Crippen LogP contribution in [-0.4, -0.2) is 25.8 Å². The fraction of sp³-hybridized carbons (Fsp3) is 0.571. The average Bonchev–Trinajstić information content (AvgIpc) is 2.33. The zero-order valence-electron chi connectivity index (χ0n) is 12.1. The minimum atomic E-state index is -3.49. The second kappa shape index (κ2) is 5.20. The molecule has 1 fully saturated rings. The third kappa shape index (κ3) is 2.95. The van der Waals surface area contributed by atoms with Crippen molar-refractivity contribution in [2.45, 2.75) is 38.5 Å². The number of rotatable bonds is 2. The molecule has 6 heteroatoms. The van der Waals surface area contributed by atoms with E-state index in [2.05, 4.69) is 13.8 Å². The number of piperidine rings is 1. The van der Waals surface area contributed by atoms with Crippen LogP contribution in [0.2, 0.25) is 5.02 Å². The fourth-order valence-electron chi connectivity index (χ4n) is 2.42. The van der Waals surface area contributed by atoms with Gasteiger partial charge >= 0.3 is 0 Å². The first-order valence-corrected chi connectivity index (χ1v) is 8.51. The zero-order chi connectivity index (χ0) is 15.1. The Balaban J connectivity index is 2.34. The maximum Gasteiger partial charge on any atom is 0.243 e. The summed E-state index contributed by atoms with van der Waals surface area (Å²) in [4.78, 5) is 0.263. The van der Waals surface area contributed by atoms with Gasteiger partial charge in [-0.2, -0.15) is 4.31 Å². The molecule has 0 unspecified atom stereocenters. The van der Waals surface area contributed by atoms with Crippen LogP contribution in [0.1, 0.15) is 32.3 Å². The minimum absolute atomic E-state index is 0.208. The van der Waals surface area contributed by atoms with Crippen molar-refractivity contribution in [2.75, 3.05) is 18.8 Å². The van der Waals surface area contributed by atoms with Crippen molar-refractivity contribution in [1.29, 1.82) is 0 Å². The standard InChI is InChI=1S/C14H21ClN2O2S/c1-10-8-11(15)12(16)9-13(10)20(18,19)17-6-4-14(2,3)5-7-17/h8-9H,4-7,16H2,1-3H3. The SMILES string of the molecule is Cc1cc(Cl)c(N)cc1S(=O)(=O)N1CCC(C)(C)CC1. The fourth-order valence-corrected chi connectivity index (χ4v) is 4.32. The lowest BCUT2D eigenvalue weighted by atomic mass is 9.83. The highest BCUT2D eigenvalue weighted by molar-refractivity contribution is 7.89. The van der Waals surface area contributed by atoms with Gasteiger partial charge in [0.2, 0.25) is 10.0 Å². The predicted molar refractivity (Wildman–Crippen MR) is 82.4 cm³/mol. The molecule has 1 aromatic carbocycles. The van der Waals surface area contributed by atoms with E-state index in [9.17, 15) is 8.42 Å². The molecule has 0 spiro atoms. The molecular formula is C14H21ClN2O2S. The molecule has 2 N–H and O–H groups in total. The van der Waals surface area contributed by atoms with Crippen LogP contribution >= 0.6 is 11.6 Å². The Morgan fingerprint density at radius 2 is 1.80 bits per heavy atom. The minimum Gasteiger partial charge on any atom is -0.397 e. The Kier molecular flexibility index (Phi) is 4.06. The molecule has 0 aromatic heterocycles. The monoisotopic (exact) mass is 316 g/mol. The van der Waals surface area contributed by atoms with Crippen molar-refractivity contribution in [3.63, 3.8) is 0 Å². The summed E-state index contributed by atoms with van der Waals surface area (Å²) in [5.74, 6) is 0. The average molecular weight is 317 g/mol. The van der Waals surface area contributed by atoms with Crippen LogP contribution in [0.25, 0.3) is 0 Å². The molecule has 0 atom stereocenters. The van der Waals surface area contributed by atoms with Gasteiger partial charge in [0.05, 0.1) is 15.6 Å². The van der Waals surface area contributed by atoms with E-state index >= 15 is 0 Å². The van der Waals surface area contributed by atoms with Crippen LogP contribution in [0.5, 0.6) is 0 Å². The van der Waals surface area contributed by atoms with E-state index in [1.54, 1.807) is 17.3 Å². The third-order valence-electron chi connectivity index (χ3n) is 3.99. The summed E-state index contributed by atoms with van der Waals surface area (Å²) in [7, 11) is -3.49. The smallest absolute Gasteiger partial charge is 0.243 e. The largest absolute Gasteiger partial charge is 0.397 e. The maximum absolute atomic E-state index is 12.7. The van der Waals surface area contributed by atoms with Crippen molar-refractivity contribution in [3.8, 4) is 0 Å². The summed E-state index contributed by atoms with van der Waals surface area (Å²) >= 11 is 5.93. The predicted octanol–water partition coefficient (Wildman–Crippen LogP) is 3.04. The molecule has 2 rings (SSSR count). The molecule has 0 bridgehead atoms. The third-order valence-corrected chi connectivity index (χ3v) is 6.36. The quantitative estimate of drug-likeness (QED) is 0.853. The molecule has 0 radical (unpaired) electrons. The second-order valence-corrected chi connectivity index (χ2v) is 8.52.